The Balaban J connectivity index is 1.28. The molecule has 4 heterocycles. The van der Waals surface area contributed by atoms with Gasteiger partial charge in [0.2, 0.25) is 17.5 Å². The zero-order chi connectivity index (χ0) is 33.4. The van der Waals surface area contributed by atoms with Gasteiger partial charge in [-0.15, -0.1) is 0 Å². The first kappa shape index (κ1) is 33.9. The Bertz CT molecular complexity index is 1330. The number of piperazine rings is 1. The second-order valence-electron chi connectivity index (χ2n) is 14.9. The molecule has 4 atom stereocenters. The van der Waals surface area contributed by atoms with Crippen LogP contribution in [-0.4, -0.2) is 119 Å². The van der Waals surface area contributed by atoms with E-state index in [4.69, 9.17) is 28.9 Å². The maximum atomic E-state index is 14.5. The predicted octanol–water partition coefficient (Wildman–Crippen LogP) is 4.51. The highest BCUT2D eigenvalue weighted by molar-refractivity contribution is 6.13. The molecular weight excluding hydrogens is 604 g/mol. The minimum Gasteiger partial charge on any atom is -0.473 e. The number of carbonyl (C=O) groups is 2. The van der Waals surface area contributed by atoms with Crippen molar-refractivity contribution in [3.63, 3.8) is 0 Å². The fourth-order valence-electron chi connectivity index (χ4n) is 8.50. The molecule has 2 saturated carbocycles. The Morgan fingerprint density at radius 1 is 1.00 bits per heavy atom. The van der Waals surface area contributed by atoms with E-state index in [2.05, 4.69) is 22.0 Å². The lowest BCUT2D eigenvalue weighted by atomic mass is 9.57. The number of likely N-dealkylation sites (N-methyl/N-ethyl adjacent to an activating group) is 1. The topological polar surface area (TPSA) is 139 Å². The summed E-state index contributed by atoms with van der Waals surface area (Å²) in [6.07, 6.45) is 7.02. The van der Waals surface area contributed by atoms with Crippen LogP contribution in [0, 0.1) is 11.3 Å². The third kappa shape index (κ3) is 6.67. The maximum absolute atomic E-state index is 14.5. The number of Topliss-reactive ketones (excluding diaryl/α,β-unsaturated/α-hetero) is 1. The summed E-state index contributed by atoms with van der Waals surface area (Å²) in [6.45, 7) is 11.5. The summed E-state index contributed by atoms with van der Waals surface area (Å²) in [5.74, 6) is -0.925. The molecule has 1 amide bonds. The molecule has 47 heavy (non-hydrogen) atoms. The molecule has 3 saturated heterocycles. The summed E-state index contributed by atoms with van der Waals surface area (Å²) in [7, 11) is 2.10. The van der Waals surface area contributed by atoms with Crippen molar-refractivity contribution < 1.29 is 33.7 Å². The number of nitrogens with zero attached hydrogens (tertiary/aromatic N) is 6. The molecule has 13 heteroatoms. The highest BCUT2D eigenvalue weighted by Crippen LogP contribution is 2.57. The lowest BCUT2D eigenvalue weighted by molar-refractivity contribution is -0.238. The molecule has 3 aliphatic heterocycles. The molecule has 5 fully saturated rings. The molecule has 0 radical (unpaired) electrons. The number of amides is 1. The molecule has 0 bridgehead atoms. The average molecular weight is 657 g/mol. The van der Waals surface area contributed by atoms with E-state index < -0.39 is 22.7 Å². The largest absolute Gasteiger partial charge is 0.473 e. The van der Waals surface area contributed by atoms with Gasteiger partial charge in [-0.3, -0.25) is 9.69 Å². The van der Waals surface area contributed by atoms with Gasteiger partial charge < -0.3 is 34.0 Å². The SMILES string of the molecule is C[C@H](Oc1cc(N2CCN(C(=O)OC(C)(C)C)CC2)nc(C(=O)C2CCC[C@@]3(CCCCC34OCCO4)/C2=N/O)n1)[C@@H]1CCCN1C. The first-order valence-corrected chi connectivity index (χ1v) is 17.5. The molecule has 1 N–H and O–H groups in total. The number of ether oxygens (including phenoxy) is 4. The summed E-state index contributed by atoms with van der Waals surface area (Å²) >= 11 is 0. The smallest absolute Gasteiger partial charge is 0.410 e. The molecule has 2 aliphatic carbocycles. The van der Waals surface area contributed by atoms with Crippen molar-refractivity contribution in [3.05, 3.63) is 11.9 Å². The standard InChI is InChI=1S/C34H52N6O7/c1-23(25-11-9-15-38(25)5)46-27-22-26(39-16-18-40(19-17-39)31(42)47-32(2,3)4)35-30(36-27)28(41)24-10-8-13-33(29(24)37-43)12-6-7-14-34(33)44-20-21-45-34/h22-25,43H,6-21H2,1-5H3/b37-29+/t23-,24?,25-,33-/m0/s1. The van der Waals surface area contributed by atoms with E-state index in [9.17, 15) is 14.8 Å². The van der Waals surface area contributed by atoms with Gasteiger partial charge in [0, 0.05) is 44.7 Å². The minimum absolute atomic E-state index is 0.0420. The predicted molar refractivity (Wildman–Crippen MR) is 174 cm³/mol. The summed E-state index contributed by atoms with van der Waals surface area (Å²) in [4.78, 5) is 42.8. The fourth-order valence-corrected chi connectivity index (χ4v) is 8.50. The van der Waals surface area contributed by atoms with Gasteiger partial charge in [0.05, 0.1) is 30.3 Å². The molecule has 1 aromatic heterocycles. The number of ketones is 1. The van der Waals surface area contributed by atoms with Gasteiger partial charge >= 0.3 is 6.09 Å². The van der Waals surface area contributed by atoms with Crippen molar-refractivity contribution in [1.29, 1.82) is 0 Å². The summed E-state index contributed by atoms with van der Waals surface area (Å²) in [5, 5.41) is 14.4. The number of fused-ring (bicyclic) bond motifs is 1. The number of rotatable bonds is 6. The molecule has 1 unspecified atom stereocenters. The average Bonchev–Trinajstić information content (AvgIpc) is 3.71. The Kier molecular flexibility index (Phi) is 9.70. The van der Waals surface area contributed by atoms with Crippen LogP contribution in [0.25, 0.3) is 0 Å². The van der Waals surface area contributed by atoms with E-state index in [-0.39, 0.29) is 29.8 Å². The van der Waals surface area contributed by atoms with Crippen LogP contribution >= 0.6 is 0 Å². The molecule has 5 aliphatic rings. The Hall–Kier alpha value is -3.03. The number of hydrogen-bond donors (Lipinski definition) is 1. The highest BCUT2D eigenvalue weighted by atomic mass is 16.7. The lowest BCUT2D eigenvalue weighted by Crippen LogP contribution is -2.60. The van der Waals surface area contributed by atoms with E-state index >= 15 is 0 Å². The van der Waals surface area contributed by atoms with Crippen molar-refractivity contribution in [1.82, 2.24) is 19.8 Å². The number of oxime groups is 1. The van der Waals surface area contributed by atoms with Gasteiger partial charge in [-0.1, -0.05) is 18.0 Å². The van der Waals surface area contributed by atoms with Crippen LogP contribution in [0.2, 0.25) is 0 Å². The molecule has 2 spiro atoms. The second kappa shape index (κ2) is 13.5. The monoisotopic (exact) mass is 656 g/mol. The van der Waals surface area contributed by atoms with Gasteiger partial charge in [0.1, 0.15) is 17.5 Å². The second-order valence-corrected chi connectivity index (χ2v) is 14.9. The maximum Gasteiger partial charge on any atom is 0.410 e. The normalized spacial score (nSPS) is 29.9. The number of likely N-dealkylation sites (tertiary alicyclic amines) is 1. The van der Waals surface area contributed by atoms with Crippen LogP contribution in [0.15, 0.2) is 11.2 Å². The Morgan fingerprint density at radius 2 is 1.70 bits per heavy atom. The van der Waals surface area contributed by atoms with Crippen molar-refractivity contribution in [2.45, 2.75) is 109 Å². The van der Waals surface area contributed by atoms with Gasteiger partial charge in [0.15, 0.2) is 5.79 Å². The van der Waals surface area contributed by atoms with Crippen LogP contribution in [0.5, 0.6) is 5.88 Å². The Labute approximate surface area is 277 Å². The lowest BCUT2D eigenvalue weighted by Gasteiger charge is -2.53. The minimum atomic E-state index is -0.876. The van der Waals surface area contributed by atoms with Crippen LogP contribution in [0.4, 0.5) is 10.6 Å². The molecular formula is C34H52N6O7. The van der Waals surface area contributed by atoms with Crippen molar-refractivity contribution >= 4 is 23.4 Å². The van der Waals surface area contributed by atoms with E-state index in [0.717, 1.165) is 51.5 Å². The molecule has 6 rings (SSSR count). The molecule has 0 aromatic carbocycles. The number of carbonyl (C=O) groups excluding carboxylic acids is 2. The van der Waals surface area contributed by atoms with Crippen LogP contribution in [0.1, 0.15) is 96.1 Å². The summed E-state index contributed by atoms with van der Waals surface area (Å²) in [5.41, 5.74) is -0.821. The van der Waals surface area contributed by atoms with Gasteiger partial charge in [-0.05, 0) is 79.8 Å². The third-order valence-corrected chi connectivity index (χ3v) is 10.8. The number of anilines is 1. The van der Waals surface area contributed by atoms with Crippen molar-refractivity contribution in [2.24, 2.45) is 16.5 Å². The van der Waals surface area contributed by atoms with Crippen LogP contribution in [-0.2, 0) is 14.2 Å². The van der Waals surface area contributed by atoms with Gasteiger partial charge in [0.25, 0.3) is 0 Å². The quantitative estimate of drug-likeness (QED) is 0.263. The van der Waals surface area contributed by atoms with Crippen LogP contribution < -0.4 is 9.64 Å². The van der Waals surface area contributed by atoms with Crippen LogP contribution in [0.3, 0.4) is 0 Å². The number of hydrogen-bond acceptors (Lipinski definition) is 12. The summed E-state index contributed by atoms with van der Waals surface area (Å²) in [6, 6.07) is 2.04. The van der Waals surface area contributed by atoms with E-state index in [1.807, 2.05) is 27.7 Å². The first-order valence-electron chi connectivity index (χ1n) is 17.5. The van der Waals surface area contributed by atoms with Gasteiger partial charge in [-0.25, -0.2) is 9.78 Å². The van der Waals surface area contributed by atoms with E-state index in [0.29, 0.717) is 69.6 Å². The zero-order valence-corrected chi connectivity index (χ0v) is 28.7. The third-order valence-electron chi connectivity index (χ3n) is 10.8. The Morgan fingerprint density at radius 3 is 2.36 bits per heavy atom. The number of aromatic nitrogens is 2. The van der Waals surface area contributed by atoms with E-state index in [1.165, 1.54) is 0 Å². The molecule has 1 aromatic rings. The van der Waals surface area contributed by atoms with E-state index in [1.54, 1.807) is 11.0 Å². The van der Waals surface area contributed by atoms with Crippen molar-refractivity contribution in [3.8, 4) is 5.88 Å². The molecule has 13 nitrogen and oxygen atoms in total. The highest BCUT2D eigenvalue weighted by Gasteiger charge is 2.63. The van der Waals surface area contributed by atoms with Crippen molar-refractivity contribution in [2.75, 3.05) is 57.9 Å². The first-order chi connectivity index (χ1) is 22.5. The fraction of sp³-hybridized carbons (Fsp3) is 0.794. The van der Waals surface area contributed by atoms with Gasteiger partial charge in [-0.2, -0.15) is 4.98 Å². The summed E-state index contributed by atoms with van der Waals surface area (Å²) < 4.78 is 24.6. The molecule has 260 valence electrons. The zero-order valence-electron chi connectivity index (χ0n) is 28.7.